The zero-order valence-corrected chi connectivity index (χ0v) is 13.4. The second-order valence-electron chi connectivity index (χ2n) is 5.08. The van der Waals surface area contributed by atoms with Gasteiger partial charge in [0.05, 0.1) is 12.8 Å². The Morgan fingerprint density at radius 2 is 1.96 bits per heavy atom. The molecule has 1 aromatic carbocycles. The first-order chi connectivity index (χ1) is 11.0. The van der Waals surface area contributed by atoms with E-state index in [1.54, 1.807) is 44.5 Å². The monoisotopic (exact) mass is 316 g/mol. The molecule has 1 heterocycles. The topological polar surface area (TPSA) is 85.2 Å². The molecule has 0 saturated heterocycles. The van der Waals surface area contributed by atoms with E-state index in [2.05, 4.69) is 15.7 Å². The SMILES string of the molecule is COc1ccc(NC(=O)CCNC(=O)c2cc(C)nn2C)cc1. The molecule has 7 nitrogen and oxygen atoms in total. The molecule has 2 amide bonds. The Bertz CT molecular complexity index is 692. The van der Waals surface area contributed by atoms with Crippen LogP contribution < -0.4 is 15.4 Å². The summed E-state index contributed by atoms with van der Waals surface area (Å²) in [6.07, 6.45) is 0.189. The van der Waals surface area contributed by atoms with Crippen LogP contribution >= 0.6 is 0 Å². The fourth-order valence-corrected chi connectivity index (χ4v) is 2.10. The van der Waals surface area contributed by atoms with Gasteiger partial charge in [0.1, 0.15) is 11.4 Å². The standard InChI is InChI=1S/C16H20N4O3/c1-11-10-14(20(2)19-11)16(22)17-9-8-15(21)18-12-4-6-13(23-3)7-5-12/h4-7,10H,8-9H2,1-3H3,(H,17,22)(H,18,21). The Hall–Kier alpha value is -2.83. The highest BCUT2D eigenvalue weighted by atomic mass is 16.5. The number of rotatable bonds is 6. The summed E-state index contributed by atoms with van der Waals surface area (Å²) in [6, 6.07) is 8.75. The minimum Gasteiger partial charge on any atom is -0.497 e. The zero-order valence-electron chi connectivity index (χ0n) is 13.4. The Balaban J connectivity index is 1.78. The third-order valence-corrected chi connectivity index (χ3v) is 3.25. The van der Waals surface area contributed by atoms with Crippen LogP contribution in [-0.2, 0) is 11.8 Å². The number of amides is 2. The van der Waals surface area contributed by atoms with Gasteiger partial charge in [-0.05, 0) is 37.3 Å². The maximum absolute atomic E-state index is 12.0. The summed E-state index contributed by atoms with van der Waals surface area (Å²) >= 11 is 0. The van der Waals surface area contributed by atoms with Crippen LogP contribution in [0.2, 0.25) is 0 Å². The number of methoxy groups -OCH3 is 1. The first kappa shape index (κ1) is 16.5. The molecule has 0 atom stereocenters. The summed E-state index contributed by atoms with van der Waals surface area (Å²) in [5.41, 5.74) is 1.93. The van der Waals surface area contributed by atoms with E-state index in [-0.39, 0.29) is 24.8 Å². The van der Waals surface area contributed by atoms with Crippen molar-refractivity contribution in [2.24, 2.45) is 7.05 Å². The smallest absolute Gasteiger partial charge is 0.269 e. The van der Waals surface area contributed by atoms with E-state index in [4.69, 9.17) is 4.74 Å². The Morgan fingerprint density at radius 3 is 2.52 bits per heavy atom. The molecule has 122 valence electrons. The van der Waals surface area contributed by atoms with Gasteiger partial charge in [-0.1, -0.05) is 0 Å². The van der Waals surface area contributed by atoms with E-state index >= 15 is 0 Å². The van der Waals surface area contributed by atoms with E-state index in [9.17, 15) is 9.59 Å². The minimum absolute atomic E-state index is 0.170. The maximum atomic E-state index is 12.0. The molecule has 23 heavy (non-hydrogen) atoms. The summed E-state index contributed by atoms with van der Waals surface area (Å²) in [4.78, 5) is 23.8. The van der Waals surface area contributed by atoms with Gasteiger partial charge in [-0.2, -0.15) is 5.10 Å². The van der Waals surface area contributed by atoms with Crippen LogP contribution in [0.25, 0.3) is 0 Å². The molecular weight excluding hydrogens is 296 g/mol. The number of ether oxygens (including phenoxy) is 1. The largest absolute Gasteiger partial charge is 0.497 e. The van der Waals surface area contributed by atoms with Gasteiger partial charge in [-0.15, -0.1) is 0 Å². The van der Waals surface area contributed by atoms with Gasteiger partial charge in [0, 0.05) is 25.7 Å². The van der Waals surface area contributed by atoms with Crippen molar-refractivity contribution in [3.05, 3.63) is 41.7 Å². The third kappa shape index (κ3) is 4.57. The van der Waals surface area contributed by atoms with Crippen molar-refractivity contribution in [1.29, 1.82) is 0 Å². The molecule has 0 aliphatic carbocycles. The Morgan fingerprint density at radius 1 is 1.26 bits per heavy atom. The van der Waals surface area contributed by atoms with E-state index < -0.39 is 0 Å². The number of nitrogens with zero attached hydrogens (tertiary/aromatic N) is 2. The van der Waals surface area contributed by atoms with Gasteiger partial charge < -0.3 is 15.4 Å². The predicted molar refractivity (Wildman–Crippen MR) is 86.5 cm³/mol. The number of benzene rings is 1. The van der Waals surface area contributed by atoms with Crippen LogP contribution in [-0.4, -0.2) is 35.2 Å². The van der Waals surface area contributed by atoms with Gasteiger partial charge in [0.2, 0.25) is 5.91 Å². The molecule has 0 radical (unpaired) electrons. The van der Waals surface area contributed by atoms with E-state index in [0.29, 0.717) is 11.4 Å². The normalized spacial score (nSPS) is 10.2. The molecule has 0 unspecified atom stereocenters. The molecule has 2 aromatic rings. The fourth-order valence-electron chi connectivity index (χ4n) is 2.10. The van der Waals surface area contributed by atoms with E-state index in [1.165, 1.54) is 4.68 Å². The van der Waals surface area contributed by atoms with Crippen molar-refractivity contribution in [2.45, 2.75) is 13.3 Å². The molecule has 0 fully saturated rings. The number of aromatic nitrogens is 2. The average Bonchev–Trinajstić information content (AvgIpc) is 2.86. The maximum Gasteiger partial charge on any atom is 0.269 e. The second kappa shape index (κ2) is 7.44. The highest BCUT2D eigenvalue weighted by molar-refractivity contribution is 5.94. The fraction of sp³-hybridized carbons (Fsp3) is 0.312. The lowest BCUT2D eigenvalue weighted by molar-refractivity contribution is -0.116. The van der Waals surface area contributed by atoms with Crippen LogP contribution in [0.1, 0.15) is 22.6 Å². The molecule has 0 bridgehead atoms. The van der Waals surface area contributed by atoms with Crippen molar-refractivity contribution in [3.63, 3.8) is 0 Å². The van der Waals surface area contributed by atoms with Crippen LogP contribution in [0.4, 0.5) is 5.69 Å². The number of hydrogen-bond donors (Lipinski definition) is 2. The first-order valence-electron chi connectivity index (χ1n) is 7.22. The molecule has 1 aromatic heterocycles. The predicted octanol–water partition coefficient (Wildman–Crippen LogP) is 1.50. The molecule has 2 N–H and O–H groups in total. The van der Waals surface area contributed by atoms with Crippen LogP contribution in [0.3, 0.4) is 0 Å². The van der Waals surface area contributed by atoms with E-state index in [1.807, 2.05) is 6.92 Å². The van der Waals surface area contributed by atoms with Gasteiger partial charge in [0.25, 0.3) is 5.91 Å². The number of aryl methyl sites for hydroxylation is 2. The first-order valence-corrected chi connectivity index (χ1v) is 7.22. The molecule has 0 aliphatic rings. The van der Waals surface area contributed by atoms with Crippen molar-refractivity contribution in [1.82, 2.24) is 15.1 Å². The summed E-state index contributed by atoms with van der Waals surface area (Å²) in [6.45, 7) is 2.07. The van der Waals surface area contributed by atoms with Crippen molar-refractivity contribution in [3.8, 4) is 5.75 Å². The second-order valence-corrected chi connectivity index (χ2v) is 5.08. The Kier molecular flexibility index (Phi) is 5.35. The molecule has 0 aliphatic heterocycles. The zero-order chi connectivity index (χ0) is 16.8. The lowest BCUT2D eigenvalue weighted by Crippen LogP contribution is -2.29. The number of nitrogens with one attached hydrogen (secondary N) is 2. The highest BCUT2D eigenvalue weighted by Gasteiger charge is 2.11. The lowest BCUT2D eigenvalue weighted by atomic mass is 10.3. The van der Waals surface area contributed by atoms with E-state index in [0.717, 1.165) is 11.4 Å². The van der Waals surface area contributed by atoms with Gasteiger partial charge >= 0.3 is 0 Å². The number of carbonyl (C=O) groups is 2. The van der Waals surface area contributed by atoms with Crippen LogP contribution in [0, 0.1) is 6.92 Å². The van der Waals surface area contributed by atoms with Crippen molar-refractivity contribution in [2.75, 3.05) is 19.0 Å². The van der Waals surface area contributed by atoms with Crippen LogP contribution in [0.15, 0.2) is 30.3 Å². The quantitative estimate of drug-likeness (QED) is 0.845. The summed E-state index contributed by atoms with van der Waals surface area (Å²) in [7, 11) is 3.29. The summed E-state index contributed by atoms with van der Waals surface area (Å²) < 4.78 is 6.57. The molecular formula is C16H20N4O3. The van der Waals surface area contributed by atoms with Crippen molar-refractivity contribution < 1.29 is 14.3 Å². The number of anilines is 1. The average molecular weight is 316 g/mol. The summed E-state index contributed by atoms with van der Waals surface area (Å²) in [5, 5.41) is 9.58. The molecule has 0 saturated carbocycles. The Labute approximate surface area is 134 Å². The highest BCUT2D eigenvalue weighted by Crippen LogP contribution is 2.14. The number of carbonyl (C=O) groups excluding carboxylic acids is 2. The lowest BCUT2D eigenvalue weighted by Gasteiger charge is -2.07. The minimum atomic E-state index is -0.245. The van der Waals surface area contributed by atoms with Gasteiger partial charge in [-0.25, -0.2) is 0 Å². The van der Waals surface area contributed by atoms with Gasteiger partial charge in [-0.3, -0.25) is 14.3 Å². The molecule has 0 spiro atoms. The summed E-state index contributed by atoms with van der Waals surface area (Å²) in [5.74, 6) is 0.309. The number of hydrogen-bond acceptors (Lipinski definition) is 4. The molecule has 2 rings (SSSR count). The molecule has 7 heteroatoms. The van der Waals surface area contributed by atoms with Crippen LogP contribution in [0.5, 0.6) is 5.75 Å². The van der Waals surface area contributed by atoms with Crippen molar-refractivity contribution >= 4 is 17.5 Å². The third-order valence-electron chi connectivity index (χ3n) is 3.25. The van der Waals surface area contributed by atoms with Gasteiger partial charge in [0.15, 0.2) is 0 Å².